The van der Waals surface area contributed by atoms with Crippen molar-refractivity contribution in [2.45, 2.75) is 26.2 Å². The number of amides is 2. The Morgan fingerprint density at radius 1 is 1.00 bits per heavy atom. The number of benzene rings is 1. The minimum Gasteiger partial charge on any atom is -0.342 e. The number of hydrogen-bond donors (Lipinski definition) is 0. The molecule has 2 aliphatic rings. The zero-order chi connectivity index (χ0) is 16.2. The van der Waals surface area contributed by atoms with Crippen LogP contribution in [-0.2, 0) is 16.0 Å². The van der Waals surface area contributed by atoms with Gasteiger partial charge in [-0.25, -0.2) is 0 Å². The van der Waals surface area contributed by atoms with E-state index in [0.29, 0.717) is 6.54 Å². The van der Waals surface area contributed by atoms with Crippen LogP contribution in [0.4, 0.5) is 5.69 Å². The van der Waals surface area contributed by atoms with E-state index < -0.39 is 0 Å². The van der Waals surface area contributed by atoms with Crippen LogP contribution in [0.15, 0.2) is 24.3 Å². The van der Waals surface area contributed by atoms with Crippen LogP contribution in [-0.4, -0.2) is 60.9 Å². The predicted octanol–water partition coefficient (Wildman–Crippen LogP) is 1.52. The van der Waals surface area contributed by atoms with Crippen molar-refractivity contribution in [3.63, 3.8) is 0 Å². The highest BCUT2D eigenvalue weighted by Crippen LogP contribution is 2.26. The summed E-state index contributed by atoms with van der Waals surface area (Å²) >= 11 is 0. The van der Waals surface area contributed by atoms with E-state index in [0.717, 1.165) is 57.7 Å². The van der Waals surface area contributed by atoms with Gasteiger partial charge in [-0.2, -0.15) is 0 Å². The number of anilines is 1. The summed E-state index contributed by atoms with van der Waals surface area (Å²) in [6, 6.07) is 8.21. The molecule has 0 radical (unpaired) electrons. The van der Waals surface area contributed by atoms with Gasteiger partial charge in [0.25, 0.3) is 0 Å². The second kappa shape index (κ2) is 7.13. The summed E-state index contributed by atoms with van der Waals surface area (Å²) in [6.07, 6.45) is 3.02. The predicted molar refractivity (Wildman–Crippen MR) is 90.4 cm³/mol. The third kappa shape index (κ3) is 3.72. The molecule has 5 nitrogen and oxygen atoms in total. The molecule has 0 aromatic heterocycles. The molecular weight excluding hydrogens is 290 g/mol. The summed E-state index contributed by atoms with van der Waals surface area (Å²) in [6.45, 7) is 6.05. The van der Waals surface area contributed by atoms with Gasteiger partial charge in [-0.15, -0.1) is 0 Å². The third-order valence-electron chi connectivity index (χ3n) is 4.80. The summed E-state index contributed by atoms with van der Waals surface area (Å²) < 4.78 is 0. The van der Waals surface area contributed by atoms with E-state index in [1.54, 1.807) is 6.92 Å². The Labute approximate surface area is 137 Å². The lowest BCUT2D eigenvalue weighted by molar-refractivity contribution is -0.128. The molecule has 1 aromatic rings. The number of hydrogen-bond acceptors (Lipinski definition) is 3. The van der Waals surface area contributed by atoms with Gasteiger partial charge >= 0.3 is 0 Å². The largest absolute Gasteiger partial charge is 0.342 e. The van der Waals surface area contributed by atoms with Crippen LogP contribution in [0.25, 0.3) is 0 Å². The molecule has 2 aliphatic heterocycles. The first kappa shape index (κ1) is 16.0. The Morgan fingerprint density at radius 3 is 2.65 bits per heavy atom. The lowest BCUT2D eigenvalue weighted by Crippen LogP contribution is -2.44. The fraction of sp³-hybridized carbons (Fsp3) is 0.556. The van der Waals surface area contributed by atoms with Gasteiger partial charge in [-0.3, -0.25) is 14.5 Å². The Balaban J connectivity index is 1.63. The van der Waals surface area contributed by atoms with Crippen LogP contribution in [0.1, 0.15) is 25.3 Å². The molecule has 1 fully saturated rings. The number of rotatable bonds is 2. The minimum absolute atomic E-state index is 0.128. The molecule has 0 saturated carbocycles. The van der Waals surface area contributed by atoms with Crippen molar-refractivity contribution >= 4 is 17.5 Å². The second-order valence-corrected chi connectivity index (χ2v) is 6.41. The molecule has 0 aliphatic carbocycles. The average Bonchev–Trinajstić information content (AvgIpc) is 2.80. The van der Waals surface area contributed by atoms with Gasteiger partial charge < -0.3 is 9.80 Å². The first-order valence-corrected chi connectivity index (χ1v) is 8.51. The van der Waals surface area contributed by atoms with Crippen molar-refractivity contribution in [2.24, 2.45) is 0 Å². The maximum absolute atomic E-state index is 12.8. The number of para-hydroxylation sites is 1. The maximum atomic E-state index is 12.8. The van der Waals surface area contributed by atoms with E-state index in [9.17, 15) is 9.59 Å². The molecule has 2 heterocycles. The molecule has 124 valence electrons. The normalized spacial score (nSPS) is 19.2. The van der Waals surface area contributed by atoms with Crippen molar-refractivity contribution in [2.75, 3.05) is 44.2 Å². The molecule has 0 N–H and O–H groups in total. The van der Waals surface area contributed by atoms with Crippen molar-refractivity contribution in [3.05, 3.63) is 29.8 Å². The smallest absolute Gasteiger partial charge is 0.241 e. The van der Waals surface area contributed by atoms with Crippen molar-refractivity contribution < 1.29 is 9.59 Å². The standard InChI is InChI=1S/C18H25N3O2/c1-15(22)20-10-5-9-19(12-13-20)14-18(23)21-11-4-7-16-6-2-3-8-17(16)21/h2-3,6,8H,4-5,7,9-14H2,1H3. The summed E-state index contributed by atoms with van der Waals surface area (Å²) in [4.78, 5) is 30.3. The van der Waals surface area contributed by atoms with Gasteiger partial charge in [0.2, 0.25) is 11.8 Å². The molecule has 2 amide bonds. The summed E-state index contributed by atoms with van der Waals surface area (Å²) in [5.41, 5.74) is 2.34. The average molecular weight is 315 g/mol. The molecule has 0 atom stereocenters. The van der Waals surface area contributed by atoms with E-state index >= 15 is 0 Å². The fourth-order valence-corrected chi connectivity index (χ4v) is 3.51. The number of aryl methyl sites for hydroxylation is 1. The van der Waals surface area contributed by atoms with Crippen molar-refractivity contribution in [3.8, 4) is 0 Å². The van der Waals surface area contributed by atoms with Crippen molar-refractivity contribution in [1.82, 2.24) is 9.80 Å². The zero-order valence-electron chi connectivity index (χ0n) is 13.8. The molecule has 1 saturated heterocycles. The summed E-state index contributed by atoms with van der Waals surface area (Å²) in [5, 5.41) is 0. The Kier molecular flexibility index (Phi) is 4.96. The monoisotopic (exact) mass is 315 g/mol. The summed E-state index contributed by atoms with van der Waals surface area (Å²) in [7, 11) is 0. The molecule has 0 unspecified atom stereocenters. The molecule has 23 heavy (non-hydrogen) atoms. The molecule has 5 heteroatoms. The third-order valence-corrected chi connectivity index (χ3v) is 4.80. The quantitative estimate of drug-likeness (QED) is 0.831. The van der Waals surface area contributed by atoms with Crippen LogP contribution in [0, 0.1) is 0 Å². The maximum Gasteiger partial charge on any atom is 0.241 e. The van der Waals surface area contributed by atoms with Gasteiger partial charge in [0.05, 0.1) is 6.54 Å². The number of carbonyl (C=O) groups is 2. The van der Waals surface area contributed by atoms with Gasteiger partial charge in [-0.05, 0) is 30.9 Å². The number of nitrogens with zero attached hydrogens (tertiary/aromatic N) is 3. The highest BCUT2D eigenvalue weighted by molar-refractivity contribution is 5.96. The first-order chi connectivity index (χ1) is 11.1. The van der Waals surface area contributed by atoms with Gasteiger partial charge in [0, 0.05) is 45.3 Å². The van der Waals surface area contributed by atoms with Gasteiger partial charge in [0.1, 0.15) is 0 Å². The molecule has 1 aromatic carbocycles. The number of fused-ring (bicyclic) bond motifs is 1. The Hall–Kier alpha value is -1.88. The number of carbonyl (C=O) groups excluding carboxylic acids is 2. The van der Waals surface area contributed by atoms with E-state index in [1.807, 2.05) is 28.0 Å². The van der Waals surface area contributed by atoms with Gasteiger partial charge in [0.15, 0.2) is 0 Å². The van der Waals surface area contributed by atoms with E-state index in [2.05, 4.69) is 11.0 Å². The molecule has 3 rings (SSSR count). The Morgan fingerprint density at radius 2 is 1.83 bits per heavy atom. The highest BCUT2D eigenvalue weighted by atomic mass is 16.2. The summed E-state index contributed by atoms with van der Waals surface area (Å²) in [5.74, 6) is 0.302. The first-order valence-electron chi connectivity index (χ1n) is 8.51. The van der Waals surface area contributed by atoms with Crippen LogP contribution < -0.4 is 4.90 Å². The molecule has 0 bridgehead atoms. The lowest BCUT2D eigenvalue weighted by Gasteiger charge is -2.31. The van der Waals surface area contributed by atoms with Crippen LogP contribution >= 0.6 is 0 Å². The van der Waals surface area contributed by atoms with E-state index in [4.69, 9.17) is 0 Å². The zero-order valence-corrected chi connectivity index (χ0v) is 13.8. The van der Waals surface area contributed by atoms with Crippen LogP contribution in [0.5, 0.6) is 0 Å². The topological polar surface area (TPSA) is 43.9 Å². The molecular formula is C18H25N3O2. The SMILES string of the molecule is CC(=O)N1CCCN(CC(=O)N2CCCc3ccccc32)CC1. The van der Waals surface area contributed by atoms with Crippen molar-refractivity contribution in [1.29, 1.82) is 0 Å². The molecule has 0 spiro atoms. The van der Waals surface area contributed by atoms with Crippen LogP contribution in [0.3, 0.4) is 0 Å². The lowest BCUT2D eigenvalue weighted by atomic mass is 10.0. The van der Waals surface area contributed by atoms with Crippen LogP contribution in [0.2, 0.25) is 0 Å². The Bertz CT molecular complexity index is 587. The van der Waals surface area contributed by atoms with E-state index in [1.165, 1.54) is 5.56 Å². The van der Waals surface area contributed by atoms with E-state index in [-0.39, 0.29) is 11.8 Å². The minimum atomic E-state index is 0.128. The van der Waals surface area contributed by atoms with Gasteiger partial charge in [-0.1, -0.05) is 18.2 Å². The highest BCUT2D eigenvalue weighted by Gasteiger charge is 2.25. The second-order valence-electron chi connectivity index (χ2n) is 6.41. The fourth-order valence-electron chi connectivity index (χ4n) is 3.51.